The molecule has 2 aliphatic rings. The van der Waals surface area contributed by atoms with Crippen molar-refractivity contribution in [3.05, 3.63) is 93.7 Å². The number of hydrazone groups is 1. The summed E-state index contributed by atoms with van der Waals surface area (Å²) < 4.78 is 25.9. The fourth-order valence-corrected chi connectivity index (χ4v) is 5.57. The molecule has 0 N–H and O–H groups in total. The Morgan fingerprint density at radius 1 is 1.15 bits per heavy atom. The standard InChI is InChI=1S/C29H23BrFN3O4Se/c30-21-7-2-18(3-8-21)25-16-26(19-4-9-22(31)10-5-19)34(33-25)28(35)24-14-20-6-11-23(15-27(20)38-29(24)36)37-12-1-13-39-17-32/h2-11,15,24,26H,1,12-14,16H2. The van der Waals surface area contributed by atoms with Crippen molar-refractivity contribution in [3.8, 4) is 16.5 Å². The summed E-state index contributed by atoms with van der Waals surface area (Å²) in [6.07, 6.45) is 1.37. The zero-order valence-electron chi connectivity index (χ0n) is 20.7. The molecular formula is C29H23BrFN3O4Se. The molecule has 5 rings (SSSR count). The van der Waals surface area contributed by atoms with Crippen molar-refractivity contribution < 1.29 is 23.5 Å². The summed E-state index contributed by atoms with van der Waals surface area (Å²) in [6, 6.07) is 18.4. The second-order valence-electron chi connectivity index (χ2n) is 9.10. The van der Waals surface area contributed by atoms with Crippen LogP contribution in [0.25, 0.3) is 0 Å². The fourth-order valence-electron chi connectivity index (χ4n) is 4.56. The van der Waals surface area contributed by atoms with Crippen molar-refractivity contribution in [1.29, 1.82) is 5.26 Å². The van der Waals surface area contributed by atoms with Crippen molar-refractivity contribution in [1.82, 2.24) is 5.01 Å². The number of ether oxygens (including phenoxy) is 2. The first-order valence-corrected chi connectivity index (χ1v) is 15.2. The van der Waals surface area contributed by atoms with E-state index in [9.17, 15) is 14.0 Å². The van der Waals surface area contributed by atoms with Crippen molar-refractivity contribution in [2.24, 2.45) is 11.0 Å². The number of benzene rings is 3. The van der Waals surface area contributed by atoms with Crippen molar-refractivity contribution in [3.63, 3.8) is 0 Å². The first-order valence-electron chi connectivity index (χ1n) is 12.3. The van der Waals surface area contributed by atoms with E-state index in [1.807, 2.05) is 24.3 Å². The molecule has 2 aliphatic heterocycles. The first kappa shape index (κ1) is 27.1. The maximum absolute atomic E-state index is 13.8. The van der Waals surface area contributed by atoms with E-state index in [0.29, 0.717) is 30.2 Å². The van der Waals surface area contributed by atoms with Gasteiger partial charge >= 0.3 is 127 Å². The van der Waals surface area contributed by atoms with Crippen LogP contribution in [0.5, 0.6) is 11.5 Å². The Morgan fingerprint density at radius 3 is 2.67 bits per heavy atom. The van der Waals surface area contributed by atoms with Crippen LogP contribution in [0.1, 0.15) is 35.6 Å². The molecule has 0 fully saturated rings. The second kappa shape index (κ2) is 12.1. The molecule has 39 heavy (non-hydrogen) atoms. The van der Waals surface area contributed by atoms with Gasteiger partial charge in [-0.2, -0.15) is 5.10 Å². The van der Waals surface area contributed by atoms with E-state index in [2.05, 4.69) is 26.0 Å². The van der Waals surface area contributed by atoms with Gasteiger partial charge in [0.25, 0.3) is 0 Å². The summed E-state index contributed by atoms with van der Waals surface area (Å²) in [5, 5.41) is 15.5. The Kier molecular flexibility index (Phi) is 8.41. The van der Waals surface area contributed by atoms with Gasteiger partial charge < -0.3 is 0 Å². The summed E-state index contributed by atoms with van der Waals surface area (Å²) in [5.41, 5.74) is 3.01. The molecular weight excluding hydrogens is 632 g/mol. The molecule has 0 saturated carbocycles. The van der Waals surface area contributed by atoms with Crippen molar-refractivity contribution in [2.45, 2.75) is 30.6 Å². The van der Waals surface area contributed by atoms with Crippen LogP contribution in [0.15, 0.2) is 76.3 Å². The van der Waals surface area contributed by atoms with Gasteiger partial charge in [0, 0.05) is 10.9 Å². The van der Waals surface area contributed by atoms with Gasteiger partial charge in [-0.1, -0.05) is 40.2 Å². The van der Waals surface area contributed by atoms with Crippen LogP contribution in [0.4, 0.5) is 4.39 Å². The molecule has 7 nitrogen and oxygen atoms in total. The molecule has 0 aromatic heterocycles. The Bertz CT molecular complexity index is 1460. The molecule has 0 bridgehead atoms. The van der Waals surface area contributed by atoms with E-state index < -0.39 is 23.8 Å². The van der Waals surface area contributed by atoms with Gasteiger partial charge in [0.2, 0.25) is 0 Å². The minimum atomic E-state index is -1.06. The summed E-state index contributed by atoms with van der Waals surface area (Å²) in [6.45, 7) is 0.468. The van der Waals surface area contributed by atoms with Gasteiger partial charge in [-0.3, -0.25) is 0 Å². The number of amides is 1. The van der Waals surface area contributed by atoms with Crippen LogP contribution in [0.2, 0.25) is 5.32 Å². The monoisotopic (exact) mass is 655 g/mol. The predicted molar refractivity (Wildman–Crippen MR) is 147 cm³/mol. The maximum atomic E-state index is 13.8. The Hall–Kier alpha value is -3.51. The third kappa shape index (κ3) is 6.22. The number of hydrogen-bond acceptors (Lipinski definition) is 6. The number of carbonyl (C=O) groups is 2. The van der Waals surface area contributed by atoms with Crippen LogP contribution in [-0.4, -0.2) is 44.2 Å². The Balaban J connectivity index is 1.36. The SMILES string of the molecule is N#C[Se]CCCOc1ccc2c(c1)OC(=O)C(C(=O)N1N=C(c3ccc(Br)cc3)CC1c1ccc(F)cc1)C2. The number of carbonyl (C=O) groups excluding carboxylic acids is 2. The zero-order valence-corrected chi connectivity index (χ0v) is 24.0. The summed E-state index contributed by atoms with van der Waals surface area (Å²) in [5.74, 6) is -1.61. The molecule has 0 radical (unpaired) electrons. The third-order valence-electron chi connectivity index (χ3n) is 6.55. The van der Waals surface area contributed by atoms with Crippen LogP contribution < -0.4 is 9.47 Å². The van der Waals surface area contributed by atoms with Gasteiger partial charge in [0.05, 0.1) is 11.8 Å². The van der Waals surface area contributed by atoms with Crippen molar-refractivity contribution in [2.75, 3.05) is 6.61 Å². The van der Waals surface area contributed by atoms with E-state index in [1.165, 1.54) is 17.1 Å². The van der Waals surface area contributed by atoms with E-state index in [0.717, 1.165) is 32.9 Å². The van der Waals surface area contributed by atoms with Gasteiger partial charge in [-0.25, -0.2) is 4.39 Å². The van der Waals surface area contributed by atoms with Gasteiger partial charge in [-0.05, 0) is 35.4 Å². The van der Waals surface area contributed by atoms with Gasteiger partial charge in [-0.15, -0.1) is 0 Å². The molecule has 3 aromatic rings. The number of nitriles is 1. The van der Waals surface area contributed by atoms with E-state index in [4.69, 9.17) is 14.7 Å². The van der Waals surface area contributed by atoms with Crippen LogP contribution in [-0.2, 0) is 16.0 Å². The predicted octanol–water partition coefficient (Wildman–Crippen LogP) is 5.42. The van der Waals surface area contributed by atoms with Crippen LogP contribution in [0, 0.1) is 22.0 Å². The number of fused-ring (bicyclic) bond motifs is 1. The number of halogens is 2. The first-order chi connectivity index (χ1) is 18.9. The van der Waals surface area contributed by atoms with E-state index in [-0.39, 0.29) is 27.2 Å². The number of esters is 1. The summed E-state index contributed by atoms with van der Waals surface area (Å²) in [7, 11) is 0. The fraction of sp³-hybridized carbons (Fsp3) is 0.241. The normalized spacial score (nSPS) is 18.1. The Morgan fingerprint density at radius 2 is 1.92 bits per heavy atom. The van der Waals surface area contributed by atoms with Gasteiger partial charge in [0.1, 0.15) is 5.82 Å². The third-order valence-corrected chi connectivity index (χ3v) is 8.38. The van der Waals surface area contributed by atoms with E-state index in [1.54, 1.807) is 30.3 Å². The van der Waals surface area contributed by atoms with Crippen molar-refractivity contribution >= 4 is 48.5 Å². The molecule has 1 amide bonds. The zero-order chi connectivity index (χ0) is 27.4. The van der Waals surface area contributed by atoms with Gasteiger partial charge in [0.15, 0.2) is 0 Å². The van der Waals surface area contributed by atoms with Crippen LogP contribution >= 0.6 is 15.9 Å². The molecule has 3 aromatic carbocycles. The Labute approximate surface area is 239 Å². The number of nitrogens with zero attached hydrogens (tertiary/aromatic N) is 3. The molecule has 2 heterocycles. The molecule has 2 atom stereocenters. The number of rotatable bonds is 8. The molecule has 10 heteroatoms. The molecule has 2 unspecified atom stereocenters. The number of hydrogen-bond donors (Lipinski definition) is 0. The average Bonchev–Trinajstić information content (AvgIpc) is 3.38. The average molecular weight is 655 g/mol. The quantitative estimate of drug-likeness (QED) is 0.106. The summed E-state index contributed by atoms with van der Waals surface area (Å²) >= 11 is 3.40. The molecule has 0 aliphatic carbocycles. The van der Waals surface area contributed by atoms with Crippen LogP contribution in [0.3, 0.4) is 0 Å². The summed E-state index contributed by atoms with van der Waals surface area (Å²) in [4.78, 5) is 29.0. The van der Waals surface area contributed by atoms with E-state index >= 15 is 0 Å². The topological polar surface area (TPSA) is 92.0 Å². The second-order valence-corrected chi connectivity index (χ2v) is 11.9. The minimum absolute atomic E-state index is 0.0373. The molecule has 198 valence electrons. The molecule has 0 spiro atoms. The molecule has 0 saturated heterocycles.